The highest BCUT2D eigenvalue weighted by molar-refractivity contribution is 8.09. The molecule has 0 N–H and O–H groups in total. The summed E-state index contributed by atoms with van der Waals surface area (Å²) in [6.45, 7) is 9.37. The van der Waals surface area contributed by atoms with Gasteiger partial charge < -0.3 is 0 Å². The fourth-order valence-electron chi connectivity index (χ4n) is 0.761. The molecule has 0 bridgehead atoms. The molecule has 0 aliphatic heterocycles. The lowest BCUT2D eigenvalue weighted by molar-refractivity contribution is 0.353. The Morgan fingerprint density at radius 3 is 2.18 bits per heavy atom. The standard InChI is InChI=1S/C8H16NOS/c1-7(2)5-9(8(3)4)11-6-10/h7-8H,5H2,1-4H3. The topological polar surface area (TPSA) is 20.3 Å². The predicted molar refractivity (Wildman–Crippen MR) is 50.0 cm³/mol. The van der Waals surface area contributed by atoms with Crippen molar-refractivity contribution >= 4 is 17.6 Å². The Morgan fingerprint density at radius 2 is 1.91 bits per heavy atom. The van der Waals surface area contributed by atoms with Gasteiger partial charge in [-0.1, -0.05) is 13.8 Å². The highest BCUT2D eigenvalue weighted by Gasteiger charge is 2.11. The van der Waals surface area contributed by atoms with Gasteiger partial charge in [0.15, 0.2) is 0 Å². The van der Waals surface area contributed by atoms with Gasteiger partial charge in [0.25, 0.3) is 5.62 Å². The zero-order valence-electron chi connectivity index (χ0n) is 7.63. The van der Waals surface area contributed by atoms with Crippen LogP contribution in [0.4, 0.5) is 0 Å². The molecule has 0 aromatic rings. The van der Waals surface area contributed by atoms with Gasteiger partial charge in [-0.15, -0.1) is 0 Å². The molecule has 3 heteroatoms. The summed E-state index contributed by atoms with van der Waals surface area (Å²) >= 11 is 1.14. The first-order valence-electron chi connectivity index (χ1n) is 3.88. The largest absolute Gasteiger partial charge is 0.282 e. The lowest BCUT2D eigenvalue weighted by Gasteiger charge is -2.23. The maximum absolute atomic E-state index is 10.1. The van der Waals surface area contributed by atoms with E-state index < -0.39 is 0 Å². The van der Waals surface area contributed by atoms with E-state index in [-0.39, 0.29) is 0 Å². The SMILES string of the molecule is CC(C)CN(S[C]=O)C(C)C. The summed E-state index contributed by atoms with van der Waals surface area (Å²) in [5, 5.41) is 0. The van der Waals surface area contributed by atoms with E-state index in [0.29, 0.717) is 12.0 Å². The van der Waals surface area contributed by atoms with Crippen LogP contribution in [0.3, 0.4) is 0 Å². The van der Waals surface area contributed by atoms with Crippen LogP contribution in [-0.2, 0) is 4.79 Å². The van der Waals surface area contributed by atoms with Gasteiger partial charge in [-0.3, -0.25) is 4.79 Å². The van der Waals surface area contributed by atoms with Crippen molar-refractivity contribution in [3.63, 3.8) is 0 Å². The van der Waals surface area contributed by atoms with Crippen molar-refractivity contribution in [1.29, 1.82) is 0 Å². The molecule has 65 valence electrons. The summed E-state index contributed by atoms with van der Waals surface area (Å²) < 4.78 is 2.04. The van der Waals surface area contributed by atoms with Gasteiger partial charge in [0.2, 0.25) is 0 Å². The van der Waals surface area contributed by atoms with Crippen LogP contribution in [-0.4, -0.2) is 22.5 Å². The molecule has 0 saturated carbocycles. The van der Waals surface area contributed by atoms with Crippen molar-refractivity contribution in [1.82, 2.24) is 4.31 Å². The van der Waals surface area contributed by atoms with Crippen molar-refractivity contribution in [2.24, 2.45) is 5.92 Å². The minimum Gasteiger partial charge on any atom is -0.276 e. The van der Waals surface area contributed by atoms with Crippen LogP contribution in [0.5, 0.6) is 0 Å². The molecule has 1 radical (unpaired) electrons. The van der Waals surface area contributed by atoms with E-state index in [0.717, 1.165) is 18.5 Å². The Hall–Kier alpha value is -0.0200. The van der Waals surface area contributed by atoms with Crippen LogP contribution in [0.15, 0.2) is 0 Å². The molecule has 0 aliphatic carbocycles. The average molecular weight is 174 g/mol. The molecule has 0 saturated heterocycles. The third-order valence-corrected chi connectivity index (χ3v) is 2.16. The molecule has 0 heterocycles. The first-order chi connectivity index (χ1) is 5.07. The Kier molecular flexibility index (Phi) is 5.60. The van der Waals surface area contributed by atoms with Crippen LogP contribution < -0.4 is 0 Å². The minimum absolute atomic E-state index is 0.406. The molecular weight excluding hydrogens is 158 g/mol. The van der Waals surface area contributed by atoms with Crippen molar-refractivity contribution in [3.8, 4) is 0 Å². The quantitative estimate of drug-likeness (QED) is 0.595. The zero-order valence-corrected chi connectivity index (χ0v) is 8.44. The van der Waals surface area contributed by atoms with Gasteiger partial charge in [0.1, 0.15) is 0 Å². The van der Waals surface area contributed by atoms with E-state index in [1.165, 1.54) is 0 Å². The van der Waals surface area contributed by atoms with E-state index in [4.69, 9.17) is 0 Å². The summed E-state index contributed by atoms with van der Waals surface area (Å²) in [6.07, 6.45) is 0. The molecule has 0 aromatic carbocycles. The average Bonchev–Trinajstić information content (AvgIpc) is 1.86. The smallest absolute Gasteiger partial charge is 0.276 e. The highest BCUT2D eigenvalue weighted by atomic mass is 32.2. The van der Waals surface area contributed by atoms with Gasteiger partial charge in [-0.05, 0) is 19.8 Å². The van der Waals surface area contributed by atoms with Gasteiger partial charge in [-0.2, -0.15) is 0 Å². The van der Waals surface area contributed by atoms with E-state index >= 15 is 0 Å². The molecular formula is C8H16NOS. The first-order valence-corrected chi connectivity index (χ1v) is 4.66. The summed E-state index contributed by atoms with van der Waals surface area (Å²) in [4.78, 5) is 10.1. The van der Waals surface area contributed by atoms with Crippen LogP contribution in [0, 0.1) is 5.92 Å². The van der Waals surface area contributed by atoms with Crippen molar-refractivity contribution in [2.45, 2.75) is 33.7 Å². The number of carbonyl (C=O) groups excluding carboxylic acids is 1. The normalized spacial score (nSPS) is 11.5. The molecule has 0 spiro atoms. The van der Waals surface area contributed by atoms with Crippen molar-refractivity contribution in [2.75, 3.05) is 6.54 Å². The Bertz CT molecular complexity index is 115. The fraction of sp³-hybridized carbons (Fsp3) is 0.875. The summed E-state index contributed by atoms with van der Waals surface area (Å²) in [5.41, 5.74) is 1.85. The second kappa shape index (κ2) is 5.61. The molecule has 0 aromatic heterocycles. The number of nitrogens with zero attached hydrogens (tertiary/aromatic N) is 1. The second-order valence-corrected chi connectivity index (χ2v) is 4.08. The lowest BCUT2D eigenvalue weighted by Crippen LogP contribution is -2.27. The van der Waals surface area contributed by atoms with Crippen LogP contribution in [0.1, 0.15) is 27.7 Å². The molecule has 0 amide bonds. The fourth-order valence-corrected chi connectivity index (χ4v) is 1.44. The van der Waals surface area contributed by atoms with Gasteiger partial charge in [0.05, 0.1) is 0 Å². The molecule has 0 atom stereocenters. The number of rotatable bonds is 5. The summed E-state index contributed by atoms with van der Waals surface area (Å²) in [5.74, 6) is 0.596. The zero-order chi connectivity index (χ0) is 8.85. The number of hydrogen-bond acceptors (Lipinski definition) is 3. The second-order valence-electron chi connectivity index (χ2n) is 3.26. The van der Waals surface area contributed by atoms with Crippen LogP contribution in [0.25, 0.3) is 0 Å². The highest BCUT2D eigenvalue weighted by Crippen LogP contribution is 2.13. The molecule has 2 nitrogen and oxygen atoms in total. The third kappa shape index (κ3) is 5.27. The van der Waals surface area contributed by atoms with Gasteiger partial charge >= 0.3 is 0 Å². The van der Waals surface area contributed by atoms with Crippen molar-refractivity contribution < 1.29 is 4.79 Å². The molecule has 0 rings (SSSR count). The van der Waals surface area contributed by atoms with E-state index in [9.17, 15) is 4.79 Å². The molecule has 0 aliphatic rings. The monoisotopic (exact) mass is 174 g/mol. The summed E-state index contributed by atoms with van der Waals surface area (Å²) in [7, 11) is 0. The minimum atomic E-state index is 0.406. The lowest BCUT2D eigenvalue weighted by atomic mass is 10.2. The summed E-state index contributed by atoms with van der Waals surface area (Å²) in [6, 6.07) is 0.406. The first kappa shape index (κ1) is 11.0. The Morgan fingerprint density at radius 1 is 1.36 bits per heavy atom. The van der Waals surface area contributed by atoms with E-state index in [2.05, 4.69) is 27.7 Å². The Labute approximate surface area is 73.5 Å². The van der Waals surface area contributed by atoms with Gasteiger partial charge in [-0.25, -0.2) is 4.31 Å². The van der Waals surface area contributed by atoms with Crippen LogP contribution in [0.2, 0.25) is 0 Å². The molecule has 0 fully saturated rings. The predicted octanol–water partition coefficient (Wildman–Crippen LogP) is 2.07. The maximum Gasteiger partial charge on any atom is 0.282 e. The van der Waals surface area contributed by atoms with E-state index in [1.54, 1.807) is 0 Å². The molecule has 11 heavy (non-hydrogen) atoms. The molecule has 0 unspecified atom stereocenters. The van der Waals surface area contributed by atoms with E-state index in [1.807, 2.05) is 9.92 Å². The van der Waals surface area contributed by atoms with Crippen molar-refractivity contribution in [3.05, 3.63) is 0 Å². The Balaban J connectivity index is 3.78. The van der Waals surface area contributed by atoms with Crippen LogP contribution >= 0.6 is 11.9 Å². The third-order valence-electron chi connectivity index (χ3n) is 1.28. The maximum atomic E-state index is 10.1. The van der Waals surface area contributed by atoms with Gasteiger partial charge in [0, 0.05) is 24.5 Å². The number of hydrogen-bond donors (Lipinski definition) is 0.